The van der Waals surface area contributed by atoms with Crippen LogP contribution in [0.2, 0.25) is 0 Å². The van der Waals surface area contributed by atoms with Gasteiger partial charge in [0.15, 0.2) is 0 Å². The molecule has 2 nitrogen and oxygen atoms in total. The molecule has 4 heteroatoms. The van der Waals surface area contributed by atoms with Gasteiger partial charge in [-0.05, 0) is 25.2 Å². The summed E-state index contributed by atoms with van der Waals surface area (Å²) in [6.45, 7) is 1.13. The maximum atomic E-state index is 12.2. The van der Waals surface area contributed by atoms with E-state index in [1.165, 1.54) is 0 Å². The zero-order valence-electron chi connectivity index (χ0n) is 9.71. The predicted octanol–water partition coefficient (Wildman–Crippen LogP) is 2.10. The number of rotatable bonds is 6. The second-order valence-corrected chi connectivity index (χ2v) is 3.89. The summed E-state index contributed by atoms with van der Waals surface area (Å²) in [6, 6.07) is 7.89. The van der Waals surface area contributed by atoms with E-state index in [1.54, 1.807) is 11.9 Å². The smallest absolute Gasteiger partial charge is 0.251 e. The van der Waals surface area contributed by atoms with Crippen LogP contribution < -0.4 is 5.32 Å². The second kappa shape index (κ2) is 6.55. The number of alkyl halides is 2. The predicted molar refractivity (Wildman–Crippen MR) is 61.5 cm³/mol. The summed E-state index contributed by atoms with van der Waals surface area (Å²) in [5.74, 6) is 0. The number of nitrogens with one attached hydrogen (secondary N) is 1. The third-order valence-electron chi connectivity index (χ3n) is 2.38. The van der Waals surface area contributed by atoms with Crippen molar-refractivity contribution in [3.8, 4) is 0 Å². The molecule has 0 radical (unpaired) electrons. The summed E-state index contributed by atoms with van der Waals surface area (Å²) in [4.78, 5) is 1.64. The third-order valence-corrected chi connectivity index (χ3v) is 2.38. The standard InChI is InChI=1S/C12H18F2N2/c1-15-7-10-5-3-4-6-11(10)8-16(2)9-12(13)14/h3-6,12,15H,7-9H2,1-2H3. The minimum Gasteiger partial charge on any atom is -0.316 e. The van der Waals surface area contributed by atoms with Crippen molar-refractivity contribution in [2.45, 2.75) is 19.5 Å². The number of nitrogens with zero attached hydrogens (tertiary/aromatic N) is 1. The first kappa shape index (κ1) is 13.1. The quantitative estimate of drug-likeness (QED) is 0.802. The van der Waals surface area contributed by atoms with E-state index in [2.05, 4.69) is 5.32 Å². The first-order chi connectivity index (χ1) is 7.63. The van der Waals surface area contributed by atoms with Crippen LogP contribution in [-0.4, -0.2) is 32.0 Å². The minimum atomic E-state index is -2.28. The van der Waals surface area contributed by atoms with Crippen LogP contribution in [0, 0.1) is 0 Å². The average Bonchev–Trinajstić information content (AvgIpc) is 2.20. The van der Waals surface area contributed by atoms with Crippen LogP contribution in [0.3, 0.4) is 0 Å². The minimum absolute atomic E-state index is 0.187. The highest BCUT2D eigenvalue weighted by Crippen LogP contribution is 2.11. The van der Waals surface area contributed by atoms with Gasteiger partial charge in [-0.3, -0.25) is 4.90 Å². The Labute approximate surface area is 95.3 Å². The lowest BCUT2D eigenvalue weighted by Crippen LogP contribution is -2.25. The Balaban J connectivity index is 2.64. The Morgan fingerprint density at radius 2 is 1.88 bits per heavy atom. The molecule has 0 spiro atoms. The first-order valence-electron chi connectivity index (χ1n) is 5.31. The molecule has 0 aliphatic rings. The lowest BCUT2D eigenvalue weighted by Gasteiger charge is -2.18. The van der Waals surface area contributed by atoms with Gasteiger partial charge < -0.3 is 5.32 Å². The van der Waals surface area contributed by atoms with E-state index in [-0.39, 0.29) is 6.54 Å². The fraction of sp³-hybridized carbons (Fsp3) is 0.500. The maximum Gasteiger partial charge on any atom is 0.251 e. The molecule has 0 aliphatic carbocycles. The first-order valence-corrected chi connectivity index (χ1v) is 5.31. The molecule has 16 heavy (non-hydrogen) atoms. The average molecular weight is 228 g/mol. The zero-order chi connectivity index (χ0) is 12.0. The van der Waals surface area contributed by atoms with E-state index in [1.807, 2.05) is 31.3 Å². The molecule has 1 aromatic rings. The number of hydrogen-bond acceptors (Lipinski definition) is 2. The highest BCUT2D eigenvalue weighted by molar-refractivity contribution is 5.26. The summed E-state index contributed by atoms with van der Waals surface area (Å²) in [5, 5.41) is 3.07. The van der Waals surface area contributed by atoms with Gasteiger partial charge >= 0.3 is 0 Å². The van der Waals surface area contributed by atoms with Gasteiger partial charge in [0, 0.05) is 13.1 Å². The molecule has 0 aliphatic heterocycles. The number of halogens is 2. The van der Waals surface area contributed by atoms with Crippen molar-refractivity contribution < 1.29 is 8.78 Å². The summed E-state index contributed by atoms with van der Waals surface area (Å²) in [7, 11) is 3.59. The highest BCUT2D eigenvalue weighted by atomic mass is 19.3. The fourth-order valence-electron chi connectivity index (χ4n) is 1.67. The molecule has 0 unspecified atom stereocenters. The monoisotopic (exact) mass is 228 g/mol. The highest BCUT2D eigenvalue weighted by Gasteiger charge is 2.09. The van der Waals surface area contributed by atoms with Gasteiger partial charge in [-0.2, -0.15) is 0 Å². The normalized spacial score (nSPS) is 11.4. The van der Waals surface area contributed by atoms with Crippen LogP contribution in [0.1, 0.15) is 11.1 Å². The molecule has 1 rings (SSSR count). The van der Waals surface area contributed by atoms with E-state index >= 15 is 0 Å². The Bertz CT molecular complexity index is 316. The van der Waals surface area contributed by atoms with E-state index in [0.717, 1.165) is 17.7 Å². The molecule has 0 fully saturated rings. The molecule has 0 aromatic heterocycles. The van der Waals surface area contributed by atoms with E-state index < -0.39 is 6.43 Å². The van der Waals surface area contributed by atoms with Crippen molar-refractivity contribution in [2.75, 3.05) is 20.6 Å². The Morgan fingerprint density at radius 3 is 2.44 bits per heavy atom. The molecule has 0 heterocycles. The molecular weight excluding hydrogens is 210 g/mol. The molecule has 0 saturated carbocycles. The van der Waals surface area contributed by atoms with Crippen LogP contribution in [0.25, 0.3) is 0 Å². The molecule has 1 aromatic carbocycles. The lowest BCUT2D eigenvalue weighted by atomic mass is 10.1. The van der Waals surface area contributed by atoms with Crippen molar-refractivity contribution >= 4 is 0 Å². The molecular formula is C12H18F2N2. The van der Waals surface area contributed by atoms with Gasteiger partial charge in [-0.25, -0.2) is 8.78 Å². The van der Waals surface area contributed by atoms with Gasteiger partial charge in [0.2, 0.25) is 0 Å². The van der Waals surface area contributed by atoms with Crippen molar-refractivity contribution in [3.63, 3.8) is 0 Å². The molecule has 0 amide bonds. The molecule has 0 atom stereocenters. The summed E-state index contributed by atoms with van der Waals surface area (Å²) < 4.78 is 24.4. The Kier molecular flexibility index (Phi) is 5.35. The van der Waals surface area contributed by atoms with E-state index in [0.29, 0.717) is 6.54 Å². The van der Waals surface area contributed by atoms with Crippen molar-refractivity contribution in [1.82, 2.24) is 10.2 Å². The van der Waals surface area contributed by atoms with Crippen LogP contribution in [0.4, 0.5) is 8.78 Å². The van der Waals surface area contributed by atoms with Crippen LogP contribution in [0.5, 0.6) is 0 Å². The topological polar surface area (TPSA) is 15.3 Å². The van der Waals surface area contributed by atoms with Crippen molar-refractivity contribution in [2.24, 2.45) is 0 Å². The van der Waals surface area contributed by atoms with Crippen LogP contribution in [0.15, 0.2) is 24.3 Å². The second-order valence-electron chi connectivity index (χ2n) is 3.89. The summed E-state index contributed by atoms with van der Waals surface area (Å²) >= 11 is 0. The maximum absolute atomic E-state index is 12.2. The van der Waals surface area contributed by atoms with E-state index in [9.17, 15) is 8.78 Å². The number of hydrogen-bond donors (Lipinski definition) is 1. The lowest BCUT2D eigenvalue weighted by molar-refractivity contribution is 0.0974. The fourth-order valence-corrected chi connectivity index (χ4v) is 1.67. The largest absolute Gasteiger partial charge is 0.316 e. The van der Waals surface area contributed by atoms with Gasteiger partial charge in [0.05, 0.1) is 6.54 Å². The summed E-state index contributed by atoms with van der Waals surface area (Å²) in [5.41, 5.74) is 2.26. The van der Waals surface area contributed by atoms with Crippen molar-refractivity contribution in [1.29, 1.82) is 0 Å². The van der Waals surface area contributed by atoms with Gasteiger partial charge in [0.1, 0.15) is 0 Å². The number of benzene rings is 1. The Morgan fingerprint density at radius 1 is 1.25 bits per heavy atom. The van der Waals surface area contributed by atoms with Gasteiger partial charge in [-0.1, -0.05) is 24.3 Å². The molecule has 0 saturated heterocycles. The molecule has 0 bridgehead atoms. The van der Waals surface area contributed by atoms with Crippen LogP contribution >= 0.6 is 0 Å². The third kappa shape index (κ3) is 4.24. The van der Waals surface area contributed by atoms with Gasteiger partial charge in [0.25, 0.3) is 6.43 Å². The Hall–Kier alpha value is -1.00. The zero-order valence-corrected chi connectivity index (χ0v) is 9.71. The van der Waals surface area contributed by atoms with Gasteiger partial charge in [-0.15, -0.1) is 0 Å². The van der Waals surface area contributed by atoms with Crippen molar-refractivity contribution in [3.05, 3.63) is 35.4 Å². The molecule has 1 N–H and O–H groups in total. The van der Waals surface area contributed by atoms with E-state index in [4.69, 9.17) is 0 Å². The molecule has 90 valence electrons. The SMILES string of the molecule is CNCc1ccccc1CN(C)CC(F)F. The summed E-state index contributed by atoms with van der Waals surface area (Å²) in [6.07, 6.45) is -2.28. The van der Waals surface area contributed by atoms with Crippen LogP contribution in [-0.2, 0) is 13.1 Å².